The van der Waals surface area contributed by atoms with Crippen LogP contribution in [0, 0.1) is 0 Å². The number of hydrogen-bond acceptors (Lipinski definition) is 4. The van der Waals surface area contributed by atoms with Crippen molar-refractivity contribution in [1.82, 2.24) is 9.97 Å². The third-order valence-electron chi connectivity index (χ3n) is 4.12. The summed E-state index contributed by atoms with van der Waals surface area (Å²) in [5, 5.41) is 4.10. The van der Waals surface area contributed by atoms with Crippen molar-refractivity contribution in [3.05, 3.63) is 41.2 Å². The van der Waals surface area contributed by atoms with E-state index in [1.807, 2.05) is 30.5 Å². The molecule has 0 spiro atoms. The lowest BCUT2D eigenvalue weighted by molar-refractivity contribution is 0.412. The summed E-state index contributed by atoms with van der Waals surface area (Å²) in [6, 6.07) is 7.71. The van der Waals surface area contributed by atoms with Crippen LogP contribution in [0.15, 0.2) is 30.5 Å². The van der Waals surface area contributed by atoms with Crippen LogP contribution < -0.4 is 11.1 Å². The summed E-state index contributed by atoms with van der Waals surface area (Å²) in [6.45, 7) is 1.54. The molecule has 0 amide bonds. The van der Waals surface area contributed by atoms with E-state index in [0.29, 0.717) is 23.3 Å². The molecule has 0 radical (unpaired) electrons. The maximum atomic E-state index is 6.27. The highest BCUT2D eigenvalue weighted by molar-refractivity contribution is 6.33. The fourth-order valence-corrected chi connectivity index (χ4v) is 2.84. The van der Waals surface area contributed by atoms with Gasteiger partial charge in [0.05, 0.1) is 22.6 Å². The third kappa shape index (κ3) is 3.23. The molecule has 1 aliphatic rings. The van der Waals surface area contributed by atoms with E-state index >= 15 is 0 Å². The number of nitrogens with zero attached hydrogens (tertiary/aromatic N) is 2. The molecule has 3 N–H and O–H groups in total. The van der Waals surface area contributed by atoms with Crippen LogP contribution in [0.1, 0.15) is 37.3 Å². The number of aromatic nitrogens is 2. The third-order valence-corrected chi connectivity index (χ3v) is 4.45. The first-order chi connectivity index (χ1) is 10.8. The summed E-state index contributed by atoms with van der Waals surface area (Å²) < 4.78 is 0. The second-order valence-electron chi connectivity index (χ2n) is 5.67. The summed E-state index contributed by atoms with van der Waals surface area (Å²) in [5.41, 5.74) is 8.60. The quantitative estimate of drug-likeness (QED) is 0.795. The smallest absolute Gasteiger partial charge is 0.161 e. The monoisotopic (exact) mass is 316 g/mol. The van der Waals surface area contributed by atoms with E-state index in [9.17, 15) is 0 Å². The van der Waals surface area contributed by atoms with E-state index in [1.54, 1.807) is 0 Å². The topological polar surface area (TPSA) is 63.8 Å². The van der Waals surface area contributed by atoms with Gasteiger partial charge in [0.2, 0.25) is 0 Å². The molecule has 0 saturated heterocycles. The number of hydrogen-bond donors (Lipinski definition) is 2. The highest BCUT2D eigenvalue weighted by atomic mass is 35.5. The zero-order valence-corrected chi connectivity index (χ0v) is 13.3. The van der Waals surface area contributed by atoms with Crippen molar-refractivity contribution in [2.75, 3.05) is 18.4 Å². The largest absolute Gasteiger partial charge is 0.382 e. The zero-order chi connectivity index (χ0) is 15.4. The second kappa shape index (κ2) is 7.07. The van der Waals surface area contributed by atoms with Gasteiger partial charge in [-0.15, -0.1) is 0 Å². The lowest BCUT2D eigenvalue weighted by Gasteiger charge is -2.27. The highest BCUT2D eigenvalue weighted by Gasteiger charge is 2.25. The number of anilines is 1. The molecule has 22 heavy (non-hydrogen) atoms. The van der Waals surface area contributed by atoms with Gasteiger partial charge in [0.1, 0.15) is 0 Å². The minimum Gasteiger partial charge on any atom is -0.382 e. The molecule has 1 aliphatic carbocycles. The van der Waals surface area contributed by atoms with Crippen LogP contribution in [-0.4, -0.2) is 23.1 Å². The molecule has 5 heteroatoms. The molecule has 116 valence electrons. The average molecular weight is 317 g/mol. The van der Waals surface area contributed by atoms with E-state index in [-0.39, 0.29) is 0 Å². The molecular formula is C17H21ClN4. The van der Waals surface area contributed by atoms with Gasteiger partial charge in [-0.1, -0.05) is 30.2 Å². The summed E-state index contributed by atoms with van der Waals surface area (Å²) >= 11 is 6.27. The molecule has 3 rings (SSSR count). The minimum atomic E-state index is 0.532. The van der Waals surface area contributed by atoms with Crippen LogP contribution in [0.5, 0.6) is 0 Å². The van der Waals surface area contributed by atoms with Gasteiger partial charge in [0.25, 0.3) is 0 Å². The average Bonchev–Trinajstić information content (AvgIpc) is 2.48. The number of nitrogens with two attached hydrogens (primary N) is 1. The van der Waals surface area contributed by atoms with Crippen molar-refractivity contribution in [3.8, 4) is 11.4 Å². The molecule has 1 fully saturated rings. The van der Waals surface area contributed by atoms with Crippen LogP contribution in [0.4, 0.5) is 5.69 Å². The normalized spacial score (nSPS) is 14.6. The van der Waals surface area contributed by atoms with Crippen molar-refractivity contribution < 1.29 is 0 Å². The molecule has 0 unspecified atom stereocenters. The van der Waals surface area contributed by atoms with Crippen molar-refractivity contribution in [3.63, 3.8) is 0 Å². The Kier molecular flexibility index (Phi) is 4.90. The summed E-state index contributed by atoms with van der Waals surface area (Å²) in [6.07, 6.45) is 6.50. The van der Waals surface area contributed by atoms with Gasteiger partial charge >= 0.3 is 0 Å². The maximum absolute atomic E-state index is 6.27. The highest BCUT2D eigenvalue weighted by Crippen LogP contribution is 2.39. The van der Waals surface area contributed by atoms with Crippen LogP contribution in [0.2, 0.25) is 5.02 Å². The first-order valence-corrected chi connectivity index (χ1v) is 8.23. The van der Waals surface area contributed by atoms with Gasteiger partial charge in [-0.05, 0) is 37.9 Å². The first-order valence-electron chi connectivity index (χ1n) is 7.85. The summed E-state index contributed by atoms with van der Waals surface area (Å²) in [7, 11) is 0. The minimum absolute atomic E-state index is 0.532. The number of benzene rings is 1. The van der Waals surface area contributed by atoms with Crippen molar-refractivity contribution in [2.24, 2.45) is 5.73 Å². The summed E-state index contributed by atoms with van der Waals surface area (Å²) in [5.74, 6) is 1.24. The molecule has 0 bridgehead atoms. The van der Waals surface area contributed by atoms with Crippen LogP contribution in [0.3, 0.4) is 0 Å². The van der Waals surface area contributed by atoms with Gasteiger partial charge in [-0.3, -0.25) is 0 Å². The molecule has 1 saturated carbocycles. The fourth-order valence-electron chi connectivity index (χ4n) is 2.62. The Hall–Kier alpha value is -1.65. The Balaban J connectivity index is 1.91. The second-order valence-corrected chi connectivity index (χ2v) is 6.08. The predicted molar refractivity (Wildman–Crippen MR) is 91.2 cm³/mol. The van der Waals surface area contributed by atoms with Crippen molar-refractivity contribution in [2.45, 2.75) is 31.6 Å². The number of nitrogens with one attached hydrogen (secondary N) is 1. The van der Waals surface area contributed by atoms with Gasteiger partial charge in [0, 0.05) is 18.0 Å². The molecule has 1 aromatic heterocycles. The fraction of sp³-hybridized carbons (Fsp3) is 0.412. The van der Waals surface area contributed by atoms with Crippen molar-refractivity contribution >= 4 is 17.3 Å². The van der Waals surface area contributed by atoms with Crippen LogP contribution >= 0.6 is 11.6 Å². The van der Waals surface area contributed by atoms with Crippen LogP contribution in [0.25, 0.3) is 11.4 Å². The Morgan fingerprint density at radius 2 is 2.09 bits per heavy atom. The lowest BCUT2D eigenvalue weighted by Crippen LogP contribution is -2.16. The summed E-state index contributed by atoms with van der Waals surface area (Å²) in [4.78, 5) is 9.32. The lowest BCUT2D eigenvalue weighted by atomic mass is 9.82. The van der Waals surface area contributed by atoms with Gasteiger partial charge in [-0.2, -0.15) is 0 Å². The molecule has 2 aromatic rings. The first kappa shape index (κ1) is 15.3. The number of halogens is 1. The Morgan fingerprint density at radius 1 is 1.27 bits per heavy atom. The molecular weight excluding hydrogens is 296 g/mol. The predicted octanol–water partition coefficient (Wildman–Crippen LogP) is 3.83. The van der Waals surface area contributed by atoms with E-state index in [2.05, 4.69) is 10.3 Å². The molecule has 1 heterocycles. The standard InChI is InChI=1S/C17H21ClN4/c18-14-8-2-1-7-13(14)17-21-11-15(20-10-4-9-19)16(22-17)12-5-3-6-12/h1-2,7-8,11-12,20H,3-6,9-10,19H2. The van der Waals surface area contributed by atoms with Crippen molar-refractivity contribution in [1.29, 1.82) is 0 Å². The SMILES string of the molecule is NCCCNc1cnc(-c2ccccc2Cl)nc1C1CCC1. The van der Waals surface area contributed by atoms with E-state index in [0.717, 1.165) is 29.9 Å². The maximum Gasteiger partial charge on any atom is 0.161 e. The Morgan fingerprint density at radius 3 is 2.77 bits per heavy atom. The molecule has 0 atom stereocenters. The van der Waals surface area contributed by atoms with Gasteiger partial charge < -0.3 is 11.1 Å². The van der Waals surface area contributed by atoms with E-state index in [4.69, 9.17) is 22.3 Å². The Bertz CT molecular complexity index is 640. The van der Waals surface area contributed by atoms with E-state index < -0.39 is 0 Å². The number of rotatable bonds is 6. The van der Waals surface area contributed by atoms with Gasteiger partial charge in [-0.25, -0.2) is 9.97 Å². The zero-order valence-electron chi connectivity index (χ0n) is 12.6. The molecule has 0 aliphatic heterocycles. The van der Waals surface area contributed by atoms with E-state index in [1.165, 1.54) is 19.3 Å². The molecule has 1 aromatic carbocycles. The Labute approximate surface area is 136 Å². The molecule has 4 nitrogen and oxygen atoms in total. The van der Waals surface area contributed by atoms with Crippen LogP contribution in [-0.2, 0) is 0 Å². The van der Waals surface area contributed by atoms with Gasteiger partial charge in [0.15, 0.2) is 5.82 Å².